The van der Waals surface area contributed by atoms with Crippen molar-refractivity contribution in [1.29, 1.82) is 0 Å². The van der Waals surface area contributed by atoms with Gasteiger partial charge in [0.25, 0.3) is 0 Å². The predicted molar refractivity (Wildman–Crippen MR) is 87.2 cm³/mol. The second-order valence-corrected chi connectivity index (χ2v) is 4.98. The maximum Gasteiger partial charge on any atom is 0.149 e. The number of hydrogen-bond acceptors (Lipinski definition) is 2. The highest BCUT2D eigenvalue weighted by atomic mass is 16.5. The van der Waals surface area contributed by atoms with Gasteiger partial charge in [0.1, 0.15) is 12.4 Å². The van der Waals surface area contributed by atoms with Crippen molar-refractivity contribution in [3.63, 3.8) is 0 Å². The van der Waals surface area contributed by atoms with Crippen LogP contribution in [0, 0.1) is 11.8 Å². The SMILES string of the molecule is CCC(N)Cc1cccc(OCC#Cc2ccccc2)c1. The van der Waals surface area contributed by atoms with Crippen LogP contribution in [-0.4, -0.2) is 12.6 Å². The highest BCUT2D eigenvalue weighted by molar-refractivity contribution is 5.34. The van der Waals surface area contributed by atoms with Crippen molar-refractivity contribution in [2.45, 2.75) is 25.8 Å². The van der Waals surface area contributed by atoms with E-state index in [-0.39, 0.29) is 6.04 Å². The fraction of sp³-hybridized carbons (Fsp3) is 0.263. The first-order valence-electron chi connectivity index (χ1n) is 7.29. The molecule has 108 valence electrons. The van der Waals surface area contributed by atoms with Gasteiger partial charge in [-0.2, -0.15) is 0 Å². The molecule has 0 amide bonds. The molecule has 0 aromatic heterocycles. The van der Waals surface area contributed by atoms with Crippen LogP contribution in [0.2, 0.25) is 0 Å². The number of nitrogens with two attached hydrogens (primary N) is 1. The molecule has 0 aliphatic heterocycles. The molecule has 2 rings (SSSR count). The van der Waals surface area contributed by atoms with E-state index in [2.05, 4.69) is 24.8 Å². The first kappa shape index (κ1) is 15.2. The second kappa shape index (κ2) is 8.14. The fourth-order valence-corrected chi connectivity index (χ4v) is 1.99. The molecule has 1 atom stereocenters. The summed E-state index contributed by atoms with van der Waals surface area (Å²) in [5.41, 5.74) is 8.19. The summed E-state index contributed by atoms with van der Waals surface area (Å²) in [7, 11) is 0. The monoisotopic (exact) mass is 279 g/mol. The summed E-state index contributed by atoms with van der Waals surface area (Å²) < 4.78 is 5.67. The summed E-state index contributed by atoms with van der Waals surface area (Å²) in [5.74, 6) is 6.95. The molecule has 2 heteroatoms. The van der Waals surface area contributed by atoms with Crippen LogP contribution in [0.5, 0.6) is 5.75 Å². The molecule has 0 radical (unpaired) electrons. The molecule has 0 aliphatic carbocycles. The normalized spacial score (nSPS) is 11.3. The van der Waals surface area contributed by atoms with Crippen molar-refractivity contribution in [2.24, 2.45) is 5.73 Å². The molecule has 0 spiro atoms. The van der Waals surface area contributed by atoms with Gasteiger partial charge in [-0.1, -0.05) is 49.1 Å². The number of ether oxygens (including phenoxy) is 1. The third kappa shape index (κ3) is 5.33. The Morgan fingerprint density at radius 2 is 1.90 bits per heavy atom. The summed E-state index contributed by atoms with van der Waals surface area (Å²) in [5, 5.41) is 0. The minimum absolute atomic E-state index is 0.207. The van der Waals surface area contributed by atoms with Crippen LogP contribution in [0.3, 0.4) is 0 Å². The van der Waals surface area contributed by atoms with Crippen LogP contribution >= 0.6 is 0 Å². The van der Waals surface area contributed by atoms with E-state index >= 15 is 0 Å². The van der Waals surface area contributed by atoms with Gasteiger partial charge in [-0.05, 0) is 42.7 Å². The average Bonchev–Trinajstić information content (AvgIpc) is 2.53. The third-order valence-electron chi connectivity index (χ3n) is 3.24. The molecule has 2 aromatic carbocycles. The van der Waals surface area contributed by atoms with Crippen LogP contribution in [0.25, 0.3) is 0 Å². The first-order valence-corrected chi connectivity index (χ1v) is 7.29. The van der Waals surface area contributed by atoms with E-state index in [4.69, 9.17) is 10.5 Å². The molecule has 2 aromatic rings. The average molecular weight is 279 g/mol. The molecule has 0 bridgehead atoms. The summed E-state index contributed by atoms with van der Waals surface area (Å²) in [6.07, 6.45) is 1.86. The Labute approximate surface area is 126 Å². The van der Waals surface area contributed by atoms with Crippen LogP contribution < -0.4 is 10.5 Å². The summed E-state index contributed by atoms with van der Waals surface area (Å²) in [4.78, 5) is 0. The molecule has 21 heavy (non-hydrogen) atoms. The van der Waals surface area contributed by atoms with Gasteiger partial charge in [0.05, 0.1) is 0 Å². The standard InChI is InChI=1S/C19H21NO/c1-2-18(20)14-17-10-6-12-19(15-17)21-13-7-11-16-8-4-3-5-9-16/h3-6,8-10,12,15,18H,2,13-14,20H2,1H3. The Balaban J connectivity index is 1.89. The largest absolute Gasteiger partial charge is 0.481 e. The van der Waals surface area contributed by atoms with Crippen molar-refractivity contribution < 1.29 is 4.74 Å². The Morgan fingerprint density at radius 1 is 1.10 bits per heavy atom. The minimum atomic E-state index is 0.207. The van der Waals surface area contributed by atoms with Gasteiger partial charge < -0.3 is 10.5 Å². The Bertz CT molecular complexity index is 610. The van der Waals surface area contributed by atoms with Gasteiger partial charge in [-0.15, -0.1) is 0 Å². The zero-order chi connectivity index (χ0) is 14.9. The molecule has 1 unspecified atom stereocenters. The highest BCUT2D eigenvalue weighted by Crippen LogP contribution is 2.14. The lowest BCUT2D eigenvalue weighted by molar-refractivity contribution is 0.369. The topological polar surface area (TPSA) is 35.2 Å². The summed E-state index contributed by atoms with van der Waals surface area (Å²) >= 11 is 0. The van der Waals surface area contributed by atoms with Crippen LogP contribution in [0.1, 0.15) is 24.5 Å². The van der Waals surface area contributed by atoms with E-state index < -0.39 is 0 Å². The van der Waals surface area contributed by atoms with Crippen molar-refractivity contribution in [3.05, 3.63) is 65.7 Å². The summed E-state index contributed by atoms with van der Waals surface area (Å²) in [6.45, 7) is 2.49. The van der Waals surface area contributed by atoms with Gasteiger partial charge in [-0.25, -0.2) is 0 Å². The maximum atomic E-state index is 5.98. The van der Waals surface area contributed by atoms with Crippen molar-refractivity contribution in [2.75, 3.05) is 6.61 Å². The number of benzene rings is 2. The van der Waals surface area contributed by atoms with E-state index in [0.29, 0.717) is 6.61 Å². The number of hydrogen-bond donors (Lipinski definition) is 1. The van der Waals surface area contributed by atoms with Gasteiger partial charge in [0.15, 0.2) is 0 Å². The van der Waals surface area contributed by atoms with Crippen molar-refractivity contribution in [3.8, 4) is 17.6 Å². The third-order valence-corrected chi connectivity index (χ3v) is 3.24. The first-order chi connectivity index (χ1) is 10.3. The van der Waals surface area contributed by atoms with E-state index in [1.807, 2.05) is 48.5 Å². The molecule has 0 fully saturated rings. The van der Waals surface area contributed by atoms with Gasteiger partial charge in [0, 0.05) is 11.6 Å². The van der Waals surface area contributed by atoms with Crippen LogP contribution in [-0.2, 0) is 6.42 Å². The van der Waals surface area contributed by atoms with Gasteiger partial charge in [0.2, 0.25) is 0 Å². The molecule has 0 saturated heterocycles. The van der Waals surface area contributed by atoms with Crippen molar-refractivity contribution in [1.82, 2.24) is 0 Å². The smallest absolute Gasteiger partial charge is 0.149 e. The molecular formula is C19H21NO. The second-order valence-electron chi connectivity index (χ2n) is 4.98. The molecule has 0 saturated carbocycles. The Hall–Kier alpha value is -2.24. The van der Waals surface area contributed by atoms with Crippen molar-refractivity contribution >= 4 is 0 Å². The minimum Gasteiger partial charge on any atom is -0.481 e. The zero-order valence-electron chi connectivity index (χ0n) is 12.4. The Kier molecular flexibility index (Phi) is 5.87. The van der Waals surface area contributed by atoms with Gasteiger partial charge >= 0.3 is 0 Å². The van der Waals surface area contributed by atoms with E-state index in [1.54, 1.807) is 0 Å². The summed E-state index contributed by atoms with van der Waals surface area (Å²) in [6, 6.07) is 18.2. The molecule has 2 N–H and O–H groups in total. The Morgan fingerprint density at radius 3 is 2.67 bits per heavy atom. The lowest BCUT2D eigenvalue weighted by Gasteiger charge is -2.10. The van der Waals surface area contributed by atoms with E-state index in [0.717, 1.165) is 24.2 Å². The highest BCUT2D eigenvalue weighted by Gasteiger charge is 2.02. The molecule has 0 heterocycles. The van der Waals surface area contributed by atoms with Crippen LogP contribution in [0.4, 0.5) is 0 Å². The predicted octanol–water partition coefficient (Wildman–Crippen LogP) is 3.40. The van der Waals surface area contributed by atoms with Gasteiger partial charge in [-0.3, -0.25) is 0 Å². The molecular weight excluding hydrogens is 258 g/mol. The maximum absolute atomic E-state index is 5.98. The van der Waals surface area contributed by atoms with Crippen LogP contribution in [0.15, 0.2) is 54.6 Å². The quantitative estimate of drug-likeness (QED) is 0.851. The lowest BCUT2D eigenvalue weighted by atomic mass is 10.0. The van der Waals surface area contributed by atoms with E-state index in [9.17, 15) is 0 Å². The van der Waals surface area contributed by atoms with E-state index in [1.165, 1.54) is 5.56 Å². The molecule has 0 aliphatic rings. The molecule has 2 nitrogen and oxygen atoms in total. The number of rotatable bonds is 5. The zero-order valence-corrected chi connectivity index (χ0v) is 12.4. The lowest BCUT2D eigenvalue weighted by Crippen LogP contribution is -2.21. The fourth-order valence-electron chi connectivity index (χ4n) is 1.99.